The van der Waals surface area contributed by atoms with E-state index < -0.39 is 20.9 Å². The van der Waals surface area contributed by atoms with Crippen molar-refractivity contribution >= 4 is 60.8 Å². The molecular formula is C34H22Te. The van der Waals surface area contributed by atoms with E-state index in [0.717, 1.165) is 0 Å². The second-order valence-electron chi connectivity index (χ2n) is 8.97. The Kier molecular flexibility index (Phi) is 5.06. The zero-order valence-electron chi connectivity index (χ0n) is 19.1. The minimum atomic E-state index is -0.424. The van der Waals surface area contributed by atoms with Gasteiger partial charge in [0.05, 0.1) is 0 Å². The number of hydrogen-bond donors (Lipinski definition) is 0. The van der Waals surface area contributed by atoms with Gasteiger partial charge in [0.15, 0.2) is 0 Å². The first-order valence-corrected chi connectivity index (χ1v) is 14.3. The van der Waals surface area contributed by atoms with Gasteiger partial charge in [-0.1, -0.05) is 0 Å². The number of fused-ring (bicyclic) bond motifs is 4. The number of benzene rings is 6. The number of rotatable bonds is 2. The zero-order chi connectivity index (χ0) is 23.2. The van der Waals surface area contributed by atoms with Gasteiger partial charge in [-0.25, -0.2) is 0 Å². The molecule has 0 aromatic heterocycles. The van der Waals surface area contributed by atoms with E-state index in [-0.39, 0.29) is 0 Å². The Hall–Kier alpha value is -3.63. The van der Waals surface area contributed by atoms with Crippen LogP contribution in [0.5, 0.6) is 0 Å². The van der Waals surface area contributed by atoms with Crippen LogP contribution >= 0.6 is 0 Å². The van der Waals surface area contributed by atoms with Crippen molar-refractivity contribution in [2.45, 2.75) is 0 Å². The summed E-state index contributed by atoms with van der Waals surface area (Å²) in [6.07, 6.45) is 0. The molecule has 0 bridgehead atoms. The van der Waals surface area contributed by atoms with E-state index in [4.69, 9.17) is 0 Å². The Morgan fingerprint density at radius 2 is 0.829 bits per heavy atom. The van der Waals surface area contributed by atoms with E-state index in [9.17, 15) is 0 Å². The molecule has 1 aliphatic heterocycles. The third-order valence-electron chi connectivity index (χ3n) is 6.86. The first-order chi connectivity index (χ1) is 17.3. The molecule has 1 heteroatoms. The first-order valence-electron chi connectivity index (χ1n) is 11.9. The van der Waals surface area contributed by atoms with Crippen molar-refractivity contribution in [3.05, 3.63) is 156 Å². The van der Waals surface area contributed by atoms with Crippen molar-refractivity contribution in [1.29, 1.82) is 0 Å². The van der Waals surface area contributed by atoms with Crippen LogP contribution in [0.1, 0.15) is 22.3 Å². The molecule has 0 atom stereocenters. The van der Waals surface area contributed by atoms with Crippen LogP contribution in [-0.2, 0) is 0 Å². The molecule has 164 valence electrons. The fourth-order valence-electron chi connectivity index (χ4n) is 5.20. The van der Waals surface area contributed by atoms with Crippen LogP contribution in [0.4, 0.5) is 0 Å². The third kappa shape index (κ3) is 3.60. The van der Waals surface area contributed by atoms with Crippen molar-refractivity contribution in [2.24, 2.45) is 0 Å². The average Bonchev–Trinajstić information content (AvgIpc) is 2.92. The monoisotopic (exact) mass is 560 g/mol. The van der Waals surface area contributed by atoms with Gasteiger partial charge in [0, 0.05) is 0 Å². The molecule has 6 aromatic rings. The fraction of sp³-hybridized carbons (Fsp3) is 0. The molecule has 7 rings (SSSR count). The van der Waals surface area contributed by atoms with Gasteiger partial charge in [-0.05, 0) is 0 Å². The summed E-state index contributed by atoms with van der Waals surface area (Å²) in [5, 5.41) is 5.09. The van der Waals surface area contributed by atoms with E-state index in [1.165, 1.54) is 62.2 Å². The van der Waals surface area contributed by atoms with E-state index >= 15 is 0 Å². The molecule has 0 N–H and O–H groups in total. The minimum absolute atomic E-state index is 0.424. The van der Waals surface area contributed by atoms with Gasteiger partial charge in [-0.2, -0.15) is 0 Å². The Labute approximate surface area is 215 Å². The van der Waals surface area contributed by atoms with Gasteiger partial charge in [-0.15, -0.1) is 0 Å². The summed E-state index contributed by atoms with van der Waals surface area (Å²) in [5.74, 6) is 0. The first kappa shape index (κ1) is 20.7. The van der Waals surface area contributed by atoms with Crippen LogP contribution in [0.3, 0.4) is 0 Å². The molecule has 6 aromatic carbocycles. The maximum absolute atomic E-state index is 2.36. The third-order valence-corrected chi connectivity index (χ3v) is 10.1. The molecule has 1 aliphatic rings. The topological polar surface area (TPSA) is 0 Å². The van der Waals surface area contributed by atoms with Gasteiger partial charge >= 0.3 is 217 Å². The van der Waals surface area contributed by atoms with Crippen molar-refractivity contribution in [3.63, 3.8) is 0 Å². The predicted molar refractivity (Wildman–Crippen MR) is 151 cm³/mol. The molecule has 0 aliphatic carbocycles. The van der Waals surface area contributed by atoms with Crippen LogP contribution < -0.4 is 7.22 Å². The summed E-state index contributed by atoms with van der Waals surface area (Å²) in [6.45, 7) is 0. The predicted octanol–water partition coefficient (Wildman–Crippen LogP) is 6.97. The Morgan fingerprint density at radius 3 is 1.34 bits per heavy atom. The normalized spacial score (nSPS) is 12.4. The zero-order valence-corrected chi connectivity index (χ0v) is 21.4. The van der Waals surface area contributed by atoms with E-state index in [1.54, 1.807) is 0 Å². The molecule has 1 heterocycles. The summed E-state index contributed by atoms with van der Waals surface area (Å²) in [4.78, 5) is 0. The Bertz CT molecular complexity index is 1640. The molecule has 0 saturated carbocycles. The molecule has 0 spiro atoms. The molecule has 0 amide bonds. The van der Waals surface area contributed by atoms with Crippen molar-refractivity contribution in [1.82, 2.24) is 0 Å². The standard InChI is InChI=1S/C34H22Te/c1-3-11-25-21-27(19-17-23(25)9-1)33(28-20-18-24-10-2-4-12-26(24)22-28)34-29-13-5-7-15-31(29)35-32-16-8-6-14-30(32)34/h1-22H. The summed E-state index contributed by atoms with van der Waals surface area (Å²) < 4.78 is 3.04. The molecule has 35 heavy (non-hydrogen) atoms. The Balaban J connectivity index is 1.62. The van der Waals surface area contributed by atoms with Crippen molar-refractivity contribution < 1.29 is 0 Å². The second kappa shape index (κ2) is 8.54. The van der Waals surface area contributed by atoms with Gasteiger partial charge in [-0.3, -0.25) is 0 Å². The van der Waals surface area contributed by atoms with Crippen LogP contribution in [-0.4, -0.2) is 20.9 Å². The Morgan fingerprint density at radius 1 is 0.400 bits per heavy atom. The van der Waals surface area contributed by atoms with Gasteiger partial charge < -0.3 is 0 Å². The van der Waals surface area contributed by atoms with Crippen LogP contribution in [0.25, 0.3) is 32.7 Å². The SMILES string of the molecule is c1ccc2c(c1)[Te]c1ccccc1C2=C(c1ccc2ccccc2c1)c1ccc2ccccc2c1. The van der Waals surface area contributed by atoms with Gasteiger partial charge in [0.2, 0.25) is 0 Å². The maximum atomic E-state index is 2.36. The van der Waals surface area contributed by atoms with E-state index in [2.05, 4.69) is 133 Å². The molecule has 0 radical (unpaired) electrons. The molecule has 0 nitrogen and oxygen atoms in total. The summed E-state index contributed by atoms with van der Waals surface area (Å²) in [7, 11) is 0. The van der Waals surface area contributed by atoms with E-state index in [1.807, 2.05) is 0 Å². The van der Waals surface area contributed by atoms with Crippen molar-refractivity contribution in [3.8, 4) is 0 Å². The molecule has 0 saturated heterocycles. The summed E-state index contributed by atoms with van der Waals surface area (Å²) >= 11 is -0.424. The number of hydrogen-bond acceptors (Lipinski definition) is 0. The molecule has 0 unspecified atom stereocenters. The quantitative estimate of drug-likeness (QED) is 0.201. The van der Waals surface area contributed by atoms with Crippen molar-refractivity contribution in [2.75, 3.05) is 0 Å². The fourth-order valence-corrected chi connectivity index (χ4v) is 8.31. The van der Waals surface area contributed by atoms with E-state index in [0.29, 0.717) is 0 Å². The van der Waals surface area contributed by atoms with Gasteiger partial charge in [0.25, 0.3) is 0 Å². The average molecular weight is 558 g/mol. The second-order valence-corrected chi connectivity index (χ2v) is 12.1. The van der Waals surface area contributed by atoms with Gasteiger partial charge in [0.1, 0.15) is 0 Å². The molecular weight excluding hydrogens is 536 g/mol. The summed E-state index contributed by atoms with van der Waals surface area (Å²) in [6, 6.07) is 49.3. The molecule has 0 fully saturated rings. The van der Waals surface area contributed by atoms with Crippen LogP contribution in [0, 0.1) is 0 Å². The van der Waals surface area contributed by atoms with Crippen LogP contribution in [0.15, 0.2) is 133 Å². The van der Waals surface area contributed by atoms with Crippen LogP contribution in [0.2, 0.25) is 0 Å². The summed E-state index contributed by atoms with van der Waals surface area (Å²) in [5.41, 5.74) is 7.99.